The van der Waals surface area contributed by atoms with Crippen molar-refractivity contribution >= 4 is 0 Å². The zero-order chi connectivity index (χ0) is 5.98. The van der Waals surface area contributed by atoms with Crippen LogP contribution < -0.4 is 5.90 Å². The molecule has 0 spiro atoms. The van der Waals surface area contributed by atoms with Gasteiger partial charge in [0.15, 0.2) is 0 Å². The summed E-state index contributed by atoms with van der Waals surface area (Å²) in [7, 11) is 0. The van der Waals surface area contributed by atoms with E-state index in [0.717, 1.165) is 12.8 Å². The zero-order valence-corrected chi connectivity index (χ0v) is 4.71. The average molecular weight is 117 g/mol. The molecular formula is C5H11NO2. The van der Waals surface area contributed by atoms with Crippen molar-refractivity contribution in [1.82, 2.24) is 0 Å². The minimum atomic E-state index is -0.102. The lowest BCUT2D eigenvalue weighted by Crippen LogP contribution is -2.23. The molecule has 0 aromatic carbocycles. The molecule has 3 nitrogen and oxygen atoms in total. The van der Waals surface area contributed by atoms with E-state index < -0.39 is 0 Å². The Bertz CT molecular complexity index is 68.8. The molecule has 48 valence electrons. The summed E-state index contributed by atoms with van der Waals surface area (Å²) in [5, 5.41) is 8.53. The van der Waals surface area contributed by atoms with Gasteiger partial charge in [0.1, 0.15) is 6.10 Å². The monoisotopic (exact) mass is 117 g/mol. The topological polar surface area (TPSA) is 55.5 Å². The van der Waals surface area contributed by atoms with Crippen LogP contribution in [0.15, 0.2) is 0 Å². The Morgan fingerprint density at radius 1 is 1.75 bits per heavy atom. The lowest BCUT2D eigenvalue weighted by atomic mass is 10.2. The Morgan fingerprint density at radius 2 is 2.38 bits per heavy atom. The summed E-state index contributed by atoms with van der Waals surface area (Å²) in [5.41, 5.74) is 0. The van der Waals surface area contributed by atoms with Crippen LogP contribution >= 0.6 is 0 Å². The quantitative estimate of drug-likeness (QED) is 0.497. The number of aliphatic hydroxyl groups is 1. The number of nitrogens with two attached hydrogens (primary N) is 1. The summed E-state index contributed by atoms with van der Waals surface area (Å²) in [6.45, 7) is 0.0567. The minimum absolute atomic E-state index is 0.0567. The van der Waals surface area contributed by atoms with Gasteiger partial charge >= 0.3 is 0 Å². The second kappa shape index (κ2) is 2.44. The summed E-state index contributed by atoms with van der Waals surface area (Å²) in [4.78, 5) is 4.47. The van der Waals surface area contributed by atoms with Crippen molar-refractivity contribution < 1.29 is 9.94 Å². The third-order valence-corrected chi connectivity index (χ3v) is 1.50. The van der Waals surface area contributed by atoms with Gasteiger partial charge in [-0.2, -0.15) is 0 Å². The Balaban J connectivity index is 2.15. The first kappa shape index (κ1) is 6.01. The van der Waals surface area contributed by atoms with E-state index in [0.29, 0.717) is 5.92 Å². The van der Waals surface area contributed by atoms with Crippen LogP contribution in [0, 0.1) is 5.92 Å². The van der Waals surface area contributed by atoms with Crippen LogP contribution in [0.2, 0.25) is 0 Å². The third kappa shape index (κ3) is 1.18. The molecule has 8 heavy (non-hydrogen) atoms. The second-order valence-electron chi connectivity index (χ2n) is 2.19. The molecule has 1 aliphatic rings. The molecule has 1 rings (SSSR count). The standard InChI is InChI=1S/C5H11NO2/c6-8-5(3-7)4-1-2-4/h4-5,7H,1-3,6H2. The molecule has 0 aliphatic heterocycles. The number of hydrogen-bond acceptors (Lipinski definition) is 3. The maximum absolute atomic E-state index is 8.53. The van der Waals surface area contributed by atoms with Crippen molar-refractivity contribution in [3.05, 3.63) is 0 Å². The van der Waals surface area contributed by atoms with Gasteiger partial charge in [-0.25, -0.2) is 5.90 Å². The number of aliphatic hydroxyl groups excluding tert-OH is 1. The number of hydrogen-bond donors (Lipinski definition) is 2. The van der Waals surface area contributed by atoms with Gasteiger partial charge in [0, 0.05) is 0 Å². The second-order valence-corrected chi connectivity index (χ2v) is 2.19. The van der Waals surface area contributed by atoms with E-state index in [2.05, 4.69) is 4.84 Å². The van der Waals surface area contributed by atoms with Crippen LogP contribution in [-0.2, 0) is 4.84 Å². The summed E-state index contributed by atoms with van der Waals surface area (Å²) in [6.07, 6.45) is 2.21. The Hall–Kier alpha value is -0.120. The molecule has 1 atom stereocenters. The third-order valence-electron chi connectivity index (χ3n) is 1.50. The molecule has 1 unspecified atom stereocenters. The van der Waals surface area contributed by atoms with Gasteiger partial charge in [-0.15, -0.1) is 0 Å². The van der Waals surface area contributed by atoms with Gasteiger partial charge < -0.3 is 5.11 Å². The molecule has 1 aliphatic carbocycles. The SMILES string of the molecule is NOC(CO)C1CC1. The Labute approximate surface area is 48.4 Å². The molecule has 0 amide bonds. The molecule has 0 radical (unpaired) electrons. The van der Waals surface area contributed by atoms with E-state index in [9.17, 15) is 0 Å². The predicted molar refractivity (Wildman–Crippen MR) is 28.9 cm³/mol. The molecule has 0 bridgehead atoms. The average Bonchev–Trinajstić information content (AvgIpc) is 2.53. The largest absolute Gasteiger partial charge is 0.394 e. The molecule has 0 saturated heterocycles. The smallest absolute Gasteiger partial charge is 0.104 e. The van der Waals surface area contributed by atoms with E-state index in [1.54, 1.807) is 0 Å². The first-order valence-corrected chi connectivity index (χ1v) is 2.85. The van der Waals surface area contributed by atoms with Crippen molar-refractivity contribution in [3.8, 4) is 0 Å². The van der Waals surface area contributed by atoms with Crippen LogP contribution in [-0.4, -0.2) is 17.8 Å². The minimum Gasteiger partial charge on any atom is -0.394 e. The van der Waals surface area contributed by atoms with E-state index in [1.165, 1.54) is 0 Å². The van der Waals surface area contributed by atoms with Crippen molar-refractivity contribution in [3.63, 3.8) is 0 Å². The fourth-order valence-electron chi connectivity index (χ4n) is 0.771. The van der Waals surface area contributed by atoms with Crippen LogP contribution in [0.1, 0.15) is 12.8 Å². The van der Waals surface area contributed by atoms with Gasteiger partial charge in [0.2, 0.25) is 0 Å². The van der Waals surface area contributed by atoms with Gasteiger partial charge in [0.05, 0.1) is 6.61 Å². The molecule has 3 heteroatoms. The lowest BCUT2D eigenvalue weighted by molar-refractivity contribution is -0.00143. The van der Waals surface area contributed by atoms with Gasteiger partial charge in [0.25, 0.3) is 0 Å². The van der Waals surface area contributed by atoms with Crippen molar-refractivity contribution in [2.24, 2.45) is 11.8 Å². The highest BCUT2D eigenvalue weighted by atomic mass is 16.6. The van der Waals surface area contributed by atoms with Crippen LogP contribution in [0.25, 0.3) is 0 Å². The normalized spacial score (nSPS) is 23.2. The van der Waals surface area contributed by atoms with Gasteiger partial charge in [-0.05, 0) is 18.8 Å². The molecule has 0 heterocycles. The molecule has 3 N–H and O–H groups in total. The van der Waals surface area contributed by atoms with E-state index in [1.807, 2.05) is 0 Å². The molecule has 1 fully saturated rings. The summed E-state index contributed by atoms with van der Waals surface area (Å²) >= 11 is 0. The Kier molecular flexibility index (Phi) is 1.83. The van der Waals surface area contributed by atoms with Crippen molar-refractivity contribution in [1.29, 1.82) is 0 Å². The fraction of sp³-hybridized carbons (Fsp3) is 1.00. The van der Waals surface area contributed by atoms with E-state index >= 15 is 0 Å². The molecule has 1 saturated carbocycles. The van der Waals surface area contributed by atoms with E-state index in [-0.39, 0.29) is 12.7 Å². The molecule has 0 aromatic rings. The van der Waals surface area contributed by atoms with Gasteiger partial charge in [-0.1, -0.05) is 0 Å². The Morgan fingerprint density at radius 3 is 2.50 bits per heavy atom. The lowest BCUT2D eigenvalue weighted by Gasteiger charge is -2.07. The highest BCUT2D eigenvalue weighted by Gasteiger charge is 2.30. The van der Waals surface area contributed by atoms with Crippen LogP contribution in [0.3, 0.4) is 0 Å². The molecular weight excluding hydrogens is 106 g/mol. The fourth-order valence-corrected chi connectivity index (χ4v) is 0.771. The van der Waals surface area contributed by atoms with Crippen LogP contribution in [0.4, 0.5) is 0 Å². The van der Waals surface area contributed by atoms with Gasteiger partial charge in [-0.3, -0.25) is 4.84 Å². The zero-order valence-electron chi connectivity index (χ0n) is 4.71. The maximum atomic E-state index is 8.53. The van der Waals surface area contributed by atoms with E-state index in [4.69, 9.17) is 11.0 Å². The molecule has 0 aromatic heterocycles. The summed E-state index contributed by atoms with van der Waals surface area (Å²) in [6, 6.07) is 0. The maximum Gasteiger partial charge on any atom is 0.104 e. The van der Waals surface area contributed by atoms with Crippen LogP contribution in [0.5, 0.6) is 0 Å². The summed E-state index contributed by atoms with van der Waals surface area (Å²) < 4.78 is 0. The highest BCUT2D eigenvalue weighted by molar-refractivity contribution is 4.80. The van der Waals surface area contributed by atoms with Crippen molar-refractivity contribution in [2.75, 3.05) is 6.61 Å². The number of rotatable bonds is 3. The first-order chi connectivity index (χ1) is 3.88. The van der Waals surface area contributed by atoms with Crippen molar-refractivity contribution in [2.45, 2.75) is 18.9 Å². The highest BCUT2D eigenvalue weighted by Crippen LogP contribution is 2.33. The predicted octanol–water partition coefficient (Wildman–Crippen LogP) is -0.352. The first-order valence-electron chi connectivity index (χ1n) is 2.85. The summed E-state index contributed by atoms with van der Waals surface area (Å²) in [5.74, 6) is 5.40.